The van der Waals surface area contributed by atoms with Crippen molar-refractivity contribution < 1.29 is 8.42 Å². The van der Waals surface area contributed by atoms with E-state index in [1.807, 2.05) is 24.3 Å². The lowest BCUT2D eigenvalue weighted by Crippen LogP contribution is -2.26. The van der Waals surface area contributed by atoms with Crippen LogP contribution in [-0.2, 0) is 23.0 Å². The van der Waals surface area contributed by atoms with Gasteiger partial charge in [0, 0.05) is 26.0 Å². The monoisotopic (exact) mass is 332 g/mol. The van der Waals surface area contributed by atoms with E-state index in [-0.39, 0.29) is 0 Å². The van der Waals surface area contributed by atoms with Gasteiger partial charge in [0.2, 0.25) is 10.0 Å². The molecule has 23 heavy (non-hydrogen) atoms. The fourth-order valence-electron chi connectivity index (χ4n) is 2.29. The fourth-order valence-corrected chi connectivity index (χ4v) is 3.45. The highest BCUT2D eigenvalue weighted by atomic mass is 32.2. The Morgan fingerprint density at radius 2 is 1.61 bits per heavy atom. The molecule has 0 amide bonds. The number of hydrogen-bond acceptors (Lipinski definition) is 3. The molecule has 124 valence electrons. The second kappa shape index (κ2) is 7.70. The molecule has 1 heterocycles. The predicted octanol–water partition coefficient (Wildman–Crippen LogP) is 3.49. The Morgan fingerprint density at radius 1 is 1.00 bits per heavy atom. The number of sulfonamides is 1. The van der Waals surface area contributed by atoms with Crippen molar-refractivity contribution in [2.45, 2.75) is 38.1 Å². The number of nitrogens with zero attached hydrogens (tertiary/aromatic N) is 2. The molecular formula is C18H24N2O2S. The van der Waals surface area contributed by atoms with Crippen LogP contribution in [-0.4, -0.2) is 24.8 Å². The SMILES string of the molecule is CC(C)CCc1ccc(S(=O)(=O)N(C)Cc2ccncc2)cc1. The van der Waals surface area contributed by atoms with Gasteiger partial charge in [0.15, 0.2) is 0 Å². The first kappa shape index (κ1) is 17.6. The lowest BCUT2D eigenvalue weighted by molar-refractivity contribution is 0.466. The number of aryl methyl sites for hydroxylation is 1. The van der Waals surface area contributed by atoms with Crippen LogP contribution in [0.15, 0.2) is 53.7 Å². The highest BCUT2D eigenvalue weighted by Gasteiger charge is 2.20. The Bertz CT molecular complexity index is 710. The van der Waals surface area contributed by atoms with Crippen LogP contribution >= 0.6 is 0 Å². The van der Waals surface area contributed by atoms with Gasteiger partial charge in [-0.1, -0.05) is 26.0 Å². The molecule has 4 nitrogen and oxygen atoms in total. The summed E-state index contributed by atoms with van der Waals surface area (Å²) in [6, 6.07) is 10.9. The van der Waals surface area contributed by atoms with Gasteiger partial charge in [0.25, 0.3) is 0 Å². The van der Waals surface area contributed by atoms with Crippen molar-refractivity contribution in [2.75, 3.05) is 7.05 Å². The highest BCUT2D eigenvalue weighted by Crippen LogP contribution is 2.18. The van der Waals surface area contributed by atoms with Crippen molar-refractivity contribution in [3.63, 3.8) is 0 Å². The lowest BCUT2D eigenvalue weighted by atomic mass is 10.0. The van der Waals surface area contributed by atoms with E-state index < -0.39 is 10.0 Å². The lowest BCUT2D eigenvalue weighted by Gasteiger charge is -2.17. The molecule has 0 unspecified atom stereocenters. The molecule has 0 spiro atoms. The average molecular weight is 332 g/mol. The summed E-state index contributed by atoms with van der Waals surface area (Å²) in [6.07, 6.45) is 5.41. The first-order valence-corrected chi connectivity index (χ1v) is 9.28. The van der Waals surface area contributed by atoms with Gasteiger partial charge in [-0.05, 0) is 54.2 Å². The molecule has 0 N–H and O–H groups in total. The molecule has 0 fully saturated rings. The van der Waals surface area contributed by atoms with Crippen LogP contribution in [0.25, 0.3) is 0 Å². The molecule has 0 saturated carbocycles. The first-order valence-electron chi connectivity index (χ1n) is 7.84. The van der Waals surface area contributed by atoms with Crippen LogP contribution in [0.3, 0.4) is 0 Å². The molecule has 5 heteroatoms. The summed E-state index contributed by atoms with van der Waals surface area (Å²) < 4.78 is 26.6. The van der Waals surface area contributed by atoms with Gasteiger partial charge >= 0.3 is 0 Å². The van der Waals surface area contributed by atoms with Crippen molar-refractivity contribution in [3.05, 3.63) is 59.9 Å². The topological polar surface area (TPSA) is 50.3 Å². The average Bonchev–Trinajstić information content (AvgIpc) is 2.54. The Balaban J connectivity index is 2.09. The summed E-state index contributed by atoms with van der Waals surface area (Å²) in [5.41, 5.74) is 2.09. The van der Waals surface area contributed by atoms with Crippen molar-refractivity contribution in [1.29, 1.82) is 0 Å². The van der Waals surface area contributed by atoms with E-state index in [4.69, 9.17) is 0 Å². The van der Waals surface area contributed by atoms with Crippen LogP contribution in [0.5, 0.6) is 0 Å². The summed E-state index contributed by atoms with van der Waals surface area (Å²) in [4.78, 5) is 4.28. The number of pyridine rings is 1. The Labute approximate surface area is 139 Å². The van der Waals surface area contributed by atoms with E-state index in [0.717, 1.165) is 18.4 Å². The summed E-state index contributed by atoms with van der Waals surface area (Å²) in [5.74, 6) is 0.643. The molecule has 0 atom stereocenters. The standard InChI is InChI=1S/C18H24N2O2S/c1-15(2)4-5-16-6-8-18(9-7-16)23(21,22)20(3)14-17-10-12-19-13-11-17/h6-13,15H,4-5,14H2,1-3H3. The zero-order valence-corrected chi connectivity index (χ0v) is 14.8. The molecular weight excluding hydrogens is 308 g/mol. The van der Waals surface area contributed by atoms with Gasteiger partial charge < -0.3 is 0 Å². The molecule has 2 rings (SSSR count). The maximum Gasteiger partial charge on any atom is 0.243 e. The zero-order valence-electron chi connectivity index (χ0n) is 13.9. The maximum absolute atomic E-state index is 12.6. The van der Waals surface area contributed by atoms with Crippen LogP contribution < -0.4 is 0 Å². The van der Waals surface area contributed by atoms with E-state index in [1.165, 1.54) is 9.87 Å². The summed E-state index contributed by atoms with van der Waals surface area (Å²) >= 11 is 0. The molecule has 2 aromatic rings. The summed E-state index contributed by atoms with van der Waals surface area (Å²) in [5, 5.41) is 0. The Kier molecular flexibility index (Phi) is 5.91. The second-order valence-electron chi connectivity index (χ2n) is 6.19. The molecule has 0 aliphatic rings. The number of benzene rings is 1. The zero-order chi connectivity index (χ0) is 16.9. The predicted molar refractivity (Wildman–Crippen MR) is 92.5 cm³/mol. The minimum atomic E-state index is -3.47. The summed E-state index contributed by atoms with van der Waals surface area (Å²) in [7, 11) is -1.87. The second-order valence-corrected chi connectivity index (χ2v) is 8.24. The molecule has 1 aromatic heterocycles. The maximum atomic E-state index is 12.6. The largest absolute Gasteiger partial charge is 0.265 e. The van der Waals surface area contributed by atoms with Gasteiger partial charge in [0.05, 0.1) is 4.90 Å². The number of hydrogen-bond donors (Lipinski definition) is 0. The minimum absolute atomic E-state index is 0.333. The molecule has 0 bridgehead atoms. The van der Waals surface area contributed by atoms with E-state index in [0.29, 0.717) is 17.4 Å². The van der Waals surface area contributed by atoms with Crippen LogP contribution in [0.4, 0.5) is 0 Å². The van der Waals surface area contributed by atoms with E-state index in [1.54, 1.807) is 31.6 Å². The van der Waals surface area contributed by atoms with Crippen molar-refractivity contribution in [3.8, 4) is 0 Å². The molecule has 1 aromatic carbocycles. The number of aromatic nitrogens is 1. The van der Waals surface area contributed by atoms with Crippen LogP contribution in [0, 0.1) is 5.92 Å². The fraction of sp³-hybridized carbons (Fsp3) is 0.389. The van der Waals surface area contributed by atoms with Crippen molar-refractivity contribution >= 4 is 10.0 Å². The molecule has 0 aliphatic carbocycles. The van der Waals surface area contributed by atoms with Crippen LogP contribution in [0.1, 0.15) is 31.4 Å². The normalized spacial score (nSPS) is 12.0. The van der Waals surface area contributed by atoms with Gasteiger partial charge in [0.1, 0.15) is 0 Å². The first-order chi connectivity index (χ1) is 10.9. The Hall–Kier alpha value is -1.72. The molecule has 0 saturated heterocycles. The third-order valence-electron chi connectivity index (χ3n) is 3.80. The van der Waals surface area contributed by atoms with Gasteiger partial charge in [-0.25, -0.2) is 8.42 Å². The Morgan fingerprint density at radius 3 is 2.17 bits per heavy atom. The number of rotatable bonds is 7. The van der Waals surface area contributed by atoms with Crippen LogP contribution in [0.2, 0.25) is 0 Å². The van der Waals surface area contributed by atoms with Crippen molar-refractivity contribution in [2.24, 2.45) is 5.92 Å². The smallest absolute Gasteiger partial charge is 0.243 e. The van der Waals surface area contributed by atoms with E-state index in [2.05, 4.69) is 18.8 Å². The van der Waals surface area contributed by atoms with Crippen molar-refractivity contribution in [1.82, 2.24) is 9.29 Å². The molecule has 0 aliphatic heterocycles. The third-order valence-corrected chi connectivity index (χ3v) is 5.61. The summed E-state index contributed by atoms with van der Waals surface area (Å²) in [6.45, 7) is 4.71. The third kappa shape index (κ3) is 4.88. The minimum Gasteiger partial charge on any atom is -0.265 e. The van der Waals surface area contributed by atoms with Gasteiger partial charge in [-0.15, -0.1) is 0 Å². The molecule has 0 radical (unpaired) electrons. The van der Waals surface area contributed by atoms with Gasteiger partial charge in [-0.2, -0.15) is 4.31 Å². The van der Waals surface area contributed by atoms with Gasteiger partial charge in [-0.3, -0.25) is 4.98 Å². The quantitative estimate of drug-likeness (QED) is 0.780. The van der Waals surface area contributed by atoms with E-state index >= 15 is 0 Å². The highest BCUT2D eigenvalue weighted by molar-refractivity contribution is 7.89. The van der Waals surface area contributed by atoms with E-state index in [9.17, 15) is 8.42 Å².